The zero-order valence-electron chi connectivity index (χ0n) is 13.8. The Kier molecular flexibility index (Phi) is 6.76. The number of methoxy groups -OCH3 is 1. The fourth-order valence-corrected chi connectivity index (χ4v) is 3.99. The van der Waals surface area contributed by atoms with Gasteiger partial charge in [0.05, 0.1) is 34.3 Å². The number of amides is 1. The lowest BCUT2D eigenvalue weighted by Crippen LogP contribution is -2.35. The molecule has 0 aromatic heterocycles. The van der Waals surface area contributed by atoms with Gasteiger partial charge in [-0.3, -0.25) is 4.79 Å². The molecule has 0 spiro atoms. The van der Waals surface area contributed by atoms with Gasteiger partial charge < -0.3 is 10.1 Å². The molecule has 2 aromatic carbocycles. The van der Waals surface area contributed by atoms with Gasteiger partial charge in [-0.05, 0) is 36.4 Å². The zero-order valence-corrected chi connectivity index (χ0v) is 16.9. The lowest BCUT2D eigenvalue weighted by atomic mass is 10.3. The van der Waals surface area contributed by atoms with Gasteiger partial charge in [0.2, 0.25) is 15.9 Å². The first-order valence-corrected chi connectivity index (χ1v) is 9.77. The highest BCUT2D eigenvalue weighted by Crippen LogP contribution is 2.28. The van der Waals surface area contributed by atoms with Crippen LogP contribution < -0.4 is 10.1 Å². The summed E-state index contributed by atoms with van der Waals surface area (Å²) in [5, 5.41) is 3.36. The number of carbonyl (C=O) groups excluding carboxylic acids is 1. The monoisotopic (exact) mass is 436 g/mol. The van der Waals surface area contributed by atoms with Gasteiger partial charge in [-0.25, -0.2) is 8.42 Å². The van der Waals surface area contributed by atoms with Gasteiger partial charge in [0.1, 0.15) is 5.75 Å². The van der Waals surface area contributed by atoms with E-state index in [2.05, 4.69) is 5.32 Å². The number of halogens is 3. The van der Waals surface area contributed by atoms with Crippen LogP contribution in [-0.4, -0.2) is 39.3 Å². The molecule has 6 nitrogen and oxygen atoms in total. The molecule has 0 aliphatic rings. The van der Waals surface area contributed by atoms with Crippen LogP contribution >= 0.6 is 34.8 Å². The Labute approximate surface area is 166 Å². The third-order valence-electron chi connectivity index (χ3n) is 3.40. The van der Waals surface area contributed by atoms with E-state index in [4.69, 9.17) is 39.5 Å². The summed E-state index contributed by atoms with van der Waals surface area (Å²) in [6.45, 7) is -0.412. The average Bonchev–Trinajstić information content (AvgIpc) is 2.57. The molecule has 1 N–H and O–H groups in total. The van der Waals surface area contributed by atoms with E-state index in [0.29, 0.717) is 16.5 Å². The van der Waals surface area contributed by atoms with Gasteiger partial charge in [0.25, 0.3) is 0 Å². The number of anilines is 1. The van der Waals surface area contributed by atoms with Gasteiger partial charge >= 0.3 is 0 Å². The molecular weight excluding hydrogens is 423 g/mol. The number of rotatable bonds is 6. The molecule has 2 rings (SSSR count). The van der Waals surface area contributed by atoms with Crippen LogP contribution in [0.25, 0.3) is 0 Å². The van der Waals surface area contributed by atoms with Crippen molar-refractivity contribution >= 4 is 56.4 Å². The first kappa shape index (κ1) is 20.8. The van der Waals surface area contributed by atoms with Gasteiger partial charge in [0, 0.05) is 12.1 Å². The van der Waals surface area contributed by atoms with Crippen LogP contribution in [-0.2, 0) is 14.8 Å². The molecule has 0 bridgehead atoms. The first-order valence-electron chi connectivity index (χ1n) is 7.20. The van der Waals surface area contributed by atoms with Crippen molar-refractivity contribution in [3.8, 4) is 5.75 Å². The molecule has 1 amide bonds. The minimum atomic E-state index is -3.91. The average molecular weight is 438 g/mol. The molecule has 26 heavy (non-hydrogen) atoms. The number of ether oxygens (including phenoxy) is 1. The van der Waals surface area contributed by atoms with Crippen LogP contribution in [0.4, 0.5) is 5.69 Å². The maximum absolute atomic E-state index is 12.6. The highest BCUT2D eigenvalue weighted by Gasteiger charge is 2.24. The highest BCUT2D eigenvalue weighted by atomic mass is 35.5. The maximum Gasteiger partial charge on any atom is 0.243 e. The molecule has 10 heteroatoms. The van der Waals surface area contributed by atoms with E-state index in [1.165, 1.54) is 44.5 Å². The molecule has 0 heterocycles. The fraction of sp³-hybridized carbons (Fsp3) is 0.188. The van der Waals surface area contributed by atoms with E-state index in [1.807, 2.05) is 0 Å². The van der Waals surface area contributed by atoms with Crippen molar-refractivity contribution in [1.29, 1.82) is 0 Å². The molecular formula is C16H15Cl3N2O4S. The van der Waals surface area contributed by atoms with Crippen molar-refractivity contribution in [2.75, 3.05) is 26.0 Å². The predicted octanol–water partition coefficient (Wildman–Crippen LogP) is 3.91. The Morgan fingerprint density at radius 2 is 1.81 bits per heavy atom. The summed E-state index contributed by atoms with van der Waals surface area (Å²) in [7, 11) is -1.20. The number of hydrogen-bond acceptors (Lipinski definition) is 4. The molecule has 0 fully saturated rings. The predicted molar refractivity (Wildman–Crippen MR) is 103 cm³/mol. The van der Waals surface area contributed by atoms with E-state index in [0.717, 1.165) is 4.31 Å². The van der Waals surface area contributed by atoms with Crippen LogP contribution in [0, 0.1) is 0 Å². The van der Waals surface area contributed by atoms with Gasteiger partial charge in [0.15, 0.2) is 0 Å². The van der Waals surface area contributed by atoms with Gasteiger partial charge in [-0.1, -0.05) is 34.8 Å². The Hall–Kier alpha value is -1.51. The minimum Gasteiger partial charge on any atom is -0.495 e. The van der Waals surface area contributed by atoms with Crippen molar-refractivity contribution in [3.05, 3.63) is 51.5 Å². The smallest absolute Gasteiger partial charge is 0.243 e. The Morgan fingerprint density at radius 3 is 2.38 bits per heavy atom. The number of likely N-dealkylation sites (N-methyl/N-ethyl adjacent to an activating group) is 1. The van der Waals surface area contributed by atoms with Crippen LogP contribution in [0.5, 0.6) is 5.75 Å². The molecule has 140 valence electrons. The summed E-state index contributed by atoms with van der Waals surface area (Å²) in [6, 6.07) is 8.61. The number of carbonyl (C=O) groups is 1. The summed E-state index contributed by atoms with van der Waals surface area (Å²) in [4.78, 5) is 12.1. The quantitative estimate of drug-likeness (QED) is 0.743. The molecule has 0 saturated carbocycles. The molecule has 2 aromatic rings. The summed E-state index contributed by atoms with van der Waals surface area (Å²) < 4.78 is 31.1. The van der Waals surface area contributed by atoms with Crippen LogP contribution in [0.2, 0.25) is 15.1 Å². The number of hydrogen-bond donors (Lipinski definition) is 1. The van der Waals surface area contributed by atoms with E-state index in [9.17, 15) is 13.2 Å². The highest BCUT2D eigenvalue weighted by molar-refractivity contribution is 7.89. The van der Waals surface area contributed by atoms with Crippen LogP contribution in [0.3, 0.4) is 0 Å². The molecule has 0 saturated heterocycles. The lowest BCUT2D eigenvalue weighted by molar-refractivity contribution is -0.116. The SMILES string of the molecule is COc1ccc(S(=O)(=O)N(C)CC(=O)Nc2ccc(Cl)cc2Cl)cc1Cl. The molecule has 0 radical (unpaired) electrons. The molecule has 0 unspecified atom stereocenters. The van der Waals surface area contributed by atoms with E-state index in [-0.39, 0.29) is 14.9 Å². The number of benzene rings is 2. The Balaban J connectivity index is 2.13. The number of nitrogens with zero attached hydrogens (tertiary/aromatic N) is 1. The molecule has 0 atom stereocenters. The summed E-state index contributed by atoms with van der Waals surface area (Å²) in [6.07, 6.45) is 0. The van der Waals surface area contributed by atoms with Crippen molar-refractivity contribution < 1.29 is 17.9 Å². The van der Waals surface area contributed by atoms with Crippen LogP contribution in [0.1, 0.15) is 0 Å². The van der Waals surface area contributed by atoms with Crippen molar-refractivity contribution in [1.82, 2.24) is 4.31 Å². The zero-order chi connectivity index (χ0) is 19.5. The van der Waals surface area contributed by atoms with Crippen molar-refractivity contribution in [2.45, 2.75) is 4.90 Å². The topological polar surface area (TPSA) is 75.7 Å². The minimum absolute atomic E-state index is 0.0527. The Bertz CT molecular complexity index is 935. The number of nitrogens with one attached hydrogen (secondary N) is 1. The first-order chi connectivity index (χ1) is 12.1. The van der Waals surface area contributed by atoms with Crippen molar-refractivity contribution in [3.63, 3.8) is 0 Å². The van der Waals surface area contributed by atoms with Gasteiger partial charge in [-0.2, -0.15) is 4.31 Å². The second-order valence-corrected chi connectivity index (χ2v) is 8.53. The second kappa shape index (κ2) is 8.45. The summed E-state index contributed by atoms with van der Waals surface area (Å²) >= 11 is 17.8. The van der Waals surface area contributed by atoms with E-state index < -0.39 is 22.5 Å². The number of sulfonamides is 1. The Morgan fingerprint density at radius 1 is 1.12 bits per heavy atom. The van der Waals surface area contributed by atoms with Crippen molar-refractivity contribution in [2.24, 2.45) is 0 Å². The summed E-state index contributed by atoms with van der Waals surface area (Å²) in [5.41, 5.74) is 0.333. The largest absolute Gasteiger partial charge is 0.495 e. The second-order valence-electron chi connectivity index (χ2n) is 5.23. The fourth-order valence-electron chi connectivity index (χ4n) is 2.06. The summed E-state index contributed by atoms with van der Waals surface area (Å²) in [5.74, 6) is -0.205. The standard InChI is InChI=1S/C16H15Cl3N2O4S/c1-21(9-16(22)20-14-5-3-10(17)7-12(14)18)26(23,24)11-4-6-15(25-2)13(19)8-11/h3-8H,9H2,1-2H3,(H,20,22). The lowest BCUT2D eigenvalue weighted by Gasteiger charge is -2.17. The molecule has 0 aliphatic heterocycles. The van der Waals surface area contributed by atoms with Crippen LogP contribution in [0.15, 0.2) is 41.3 Å². The van der Waals surface area contributed by atoms with E-state index >= 15 is 0 Å². The maximum atomic E-state index is 12.6. The molecule has 0 aliphatic carbocycles. The third kappa shape index (κ3) is 4.81. The van der Waals surface area contributed by atoms with E-state index in [1.54, 1.807) is 6.07 Å². The normalized spacial score (nSPS) is 11.5. The third-order valence-corrected chi connectivity index (χ3v) is 6.05. The van der Waals surface area contributed by atoms with Gasteiger partial charge in [-0.15, -0.1) is 0 Å².